The van der Waals surface area contributed by atoms with Gasteiger partial charge in [0.05, 0.1) is 10.5 Å². The van der Waals surface area contributed by atoms with Gasteiger partial charge in [-0.2, -0.15) is 4.98 Å². The fraction of sp³-hybridized carbons (Fsp3) is 0.346. The lowest BCUT2D eigenvalue weighted by molar-refractivity contribution is -0.126. The second kappa shape index (κ2) is 9.86. The van der Waals surface area contributed by atoms with E-state index in [1.54, 1.807) is 15.5 Å². The molecule has 1 saturated heterocycles. The lowest BCUT2D eigenvalue weighted by Crippen LogP contribution is -2.55. The standard InChI is InChI=1S/C26H25ClF2N4O2S/c1-3-5-16-14-31(21(34)4-2)8-9-32(16)25-18-13-19(27)22(17-7-6-15(28)12-20(17)29)24-23(18)33(10-11-36-24)26(35)30-25/h4,6-7,12-13,16H,2-3,5,8-11,14H2,1H3/t16-/m1/s1. The van der Waals surface area contributed by atoms with Crippen molar-refractivity contribution in [2.45, 2.75) is 37.2 Å². The molecule has 0 spiro atoms. The van der Waals surface area contributed by atoms with Crippen molar-refractivity contribution in [2.75, 3.05) is 30.3 Å². The molecule has 3 heterocycles. The number of nitrogens with zero attached hydrogens (tertiary/aromatic N) is 4. The molecular formula is C26H25ClF2N4O2S. The molecule has 1 fully saturated rings. The Morgan fingerprint density at radius 3 is 2.81 bits per heavy atom. The average Bonchev–Trinajstić information content (AvgIpc) is 2.86. The number of hydrogen-bond acceptors (Lipinski definition) is 5. The molecule has 3 aromatic rings. The summed E-state index contributed by atoms with van der Waals surface area (Å²) in [4.78, 5) is 34.5. The first-order valence-electron chi connectivity index (χ1n) is 11.9. The molecule has 188 valence electrons. The number of anilines is 1. The zero-order valence-electron chi connectivity index (χ0n) is 19.8. The molecule has 0 saturated carbocycles. The van der Waals surface area contributed by atoms with E-state index in [4.69, 9.17) is 11.6 Å². The van der Waals surface area contributed by atoms with Gasteiger partial charge in [-0.15, -0.1) is 11.8 Å². The molecule has 10 heteroatoms. The van der Waals surface area contributed by atoms with Crippen molar-refractivity contribution < 1.29 is 13.6 Å². The van der Waals surface area contributed by atoms with Gasteiger partial charge in [0.25, 0.3) is 0 Å². The van der Waals surface area contributed by atoms with E-state index in [9.17, 15) is 18.4 Å². The van der Waals surface area contributed by atoms with Crippen molar-refractivity contribution in [2.24, 2.45) is 0 Å². The quantitative estimate of drug-likeness (QED) is 0.429. The van der Waals surface area contributed by atoms with Gasteiger partial charge in [-0.05, 0) is 30.7 Å². The van der Waals surface area contributed by atoms with E-state index < -0.39 is 11.6 Å². The molecule has 1 amide bonds. The maximum Gasteiger partial charge on any atom is 0.350 e. The number of rotatable bonds is 5. The van der Waals surface area contributed by atoms with Gasteiger partial charge in [-0.3, -0.25) is 9.36 Å². The second-order valence-corrected chi connectivity index (χ2v) is 10.4. The Hall–Kier alpha value is -2.91. The van der Waals surface area contributed by atoms with Gasteiger partial charge >= 0.3 is 5.69 Å². The van der Waals surface area contributed by atoms with E-state index >= 15 is 0 Å². The van der Waals surface area contributed by atoms with Gasteiger partial charge in [0.15, 0.2) is 0 Å². The molecule has 6 nitrogen and oxygen atoms in total. The van der Waals surface area contributed by atoms with Crippen LogP contribution in [0.3, 0.4) is 0 Å². The molecule has 0 unspecified atom stereocenters. The van der Waals surface area contributed by atoms with E-state index in [1.165, 1.54) is 30.0 Å². The Morgan fingerprint density at radius 1 is 1.28 bits per heavy atom. The van der Waals surface area contributed by atoms with Crippen molar-refractivity contribution in [3.8, 4) is 11.1 Å². The van der Waals surface area contributed by atoms with Crippen LogP contribution in [0.1, 0.15) is 19.8 Å². The fourth-order valence-corrected chi connectivity index (χ4v) is 6.72. The fourth-order valence-electron chi connectivity index (χ4n) is 5.15. The largest absolute Gasteiger partial charge is 0.350 e. The van der Waals surface area contributed by atoms with Crippen LogP contribution in [0.25, 0.3) is 22.0 Å². The normalized spacial score (nSPS) is 17.5. The molecule has 0 N–H and O–H groups in total. The third kappa shape index (κ3) is 4.18. The summed E-state index contributed by atoms with van der Waals surface area (Å²) < 4.78 is 30.1. The second-order valence-electron chi connectivity index (χ2n) is 8.93. The van der Waals surface area contributed by atoms with Gasteiger partial charge in [-0.1, -0.05) is 31.5 Å². The summed E-state index contributed by atoms with van der Waals surface area (Å²) in [7, 11) is 0. The van der Waals surface area contributed by atoms with E-state index in [1.807, 2.05) is 0 Å². The molecule has 36 heavy (non-hydrogen) atoms. The average molecular weight is 531 g/mol. The number of benzene rings is 2. The van der Waals surface area contributed by atoms with Crippen LogP contribution < -0.4 is 10.6 Å². The van der Waals surface area contributed by atoms with Crippen LogP contribution in [-0.4, -0.2) is 51.8 Å². The van der Waals surface area contributed by atoms with Crippen molar-refractivity contribution in [1.29, 1.82) is 0 Å². The third-order valence-corrected chi connectivity index (χ3v) is 8.15. The summed E-state index contributed by atoms with van der Waals surface area (Å²) in [5, 5.41) is 1.01. The zero-order chi connectivity index (χ0) is 25.6. The molecule has 2 aliphatic rings. The maximum atomic E-state index is 14.8. The van der Waals surface area contributed by atoms with Gasteiger partial charge in [-0.25, -0.2) is 13.6 Å². The molecule has 0 bridgehead atoms. The van der Waals surface area contributed by atoms with E-state index in [0.717, 1.165) is 18.9 Å². The number of carbonyl (C=O) groups is 1. The van der Waals surface area contributed by atoms with Crippen molar-refractivity contribution in [1.82, 2.24) is 14.5 Å². The van der Waals surface area contributed by atoms with Crippen molar-refractivity contribution >= 4 is 46.0 Å². The number of piperazine rings is 1. The monoisotopic (exact) mass is 530 g/mol. The Bertz CT molecular complexity index is 1440. The predicted molar refractivity (Wildman–Crippen MR) is 140 cm³/mol. The SMILES string of the molecule is C=CC(=O)N1CCN(c2nc(=O)n3c4c(c(-c5ccc(F)cc5F)c(Cl)cc24)SCC3)[C@H](CCC)C1. The highest BCUT2D eigenvalue weighted by atomic mass is 35.5. The molecule has 1 aromatic heterocycles. The van der Waals surface area contributed by atoms with Crippen LogP contribution in [-0.2, 0) is 11.3 Å². The maximum absolute atomic E-state index is 14.8. The van der Waals surface area contributed by atoms with Crippen LogP contribution in [0, 0.1) is 11.6 Å². The van der Waals surface area contributed by atoms with Gasteiger partial charge < -0.3 is 9.80 Å². The van der Waals surface area contributed by atoms with Gasteiger partial charge in [0.2, 0.25) is 5.91 Å². The number of amides is 1. The lowest BCUT2D eigenvalue weighted by Gasteiger charge is -2.42. The summed E-state index contributed by atoms with van der Waals surface area (Å²) in [6.45, 7) is 7.62. The molecular weight excluding hydrogens is 506 g/mol. The van der Waals surface area contributed by atoms with Gasteiger partial charge in [0.1, 0.15) is 17.5 Å². The minimum absolute atomic E-state index is 0.0364. The first-order chi connectivity index (χ1) is 17.3. The lowest BCUT2D eigenvalue weighted by atomic mass is 10.0. The first-order valence-corrected chi connectivity index (χ1v) is 13.2. The summed E-state index contributed by atoms with van der Waals surface area (Å²) in [5.74, 6) is -0.389. The minimum atomic E-state index is -0.715. The zero-order valence-corrected chi connectivity index (χ0v) is 21.3. The molecule has 0 radical (unpaired) electrons. The Kier molecular flexibility index (Phi) is 6.78. The van der Waals surface area contributed by atoms with Crippen LogP contribution >= 0.6 is 23.4 Å². The predicted octanol–water partition coefficient (Wildman–Crippen LogP) is 5.10. The number of thioether (sulfide) groups is 1. The van der Waals surface area contributed by atoms with Gasteiger partial charge in [0, 0.05) is 65.4 Å². The molecule has 2 aliphatic heterocycles. The first kappa shape index (κ1) is 24.8. The third-order valence-electron chi connectivity index (χ3n) is 6.78. The summed E-state index contributed by atoms with van der Waals surface area (Å²) in [6.07, 6.45) is 3.02. The number of aryl methyl sites for hydroxylation is 1. The molecule has 2 aromatic carbocycles. The molecule has 5 rings (SSSR count). The van der Waals surface area contributed by atoms with E-state index in [-0.39, 0.29) is 23.2 Å². The topological polar surface area (TPSA) is 58.4 Å². The number of aromatic nitrogens is 2. The summed E-state index contributed by atoms with van der Waals surface area (Å²) in [5.41, 5.74) is 0.907. The number of halogens is 3. The molecule has 1 atom stereocenters. The smallest absolute Gasteiger partial charge is 0.349 e. The molecule has 0 aliphatic carbocycles. The highest BCUT2D eigenvalue weighted by Crippen LogP contribution is 2.46. The van der Waals surface area contributed by atoms with Crippen LogP contribution in [0.4, 0.5) is 14.6 Å². The van der Waals surface area contributed by atoms with Crippen LogP contribution in [0.2, 0.25) is 5.02 Å². The summed E-state index contributed by atoms with van der Waals surface area (Å²) in [6, 6.07) is 5.10. The van der Waals surface area contributed by atoms with E-state index in [0.29, 0.717) is 64.1 Å². The Balaban J connectivity index is 1.71. The van der Waals surface area contributed by atoms with Crippen molar-refractivity contribution in [3.05, 3.63) is 64.1 Å². The number of hydrogen-bond donors (Lipinski definition) is 0. The van der Waals surface area contributed by atoms with Crippen molar-refractivity contribution in [3.63, 3.8) is 0 Å². The number of carbonyl (C=O) groups excluding carboxylic acids is 1. The highest BCUT2D eigenvalue weighted by molar-refractivity contribution is 7.99. The summed E-state index contributed by atoms with van der Waals surface area (Å²) >= 11 is 8.27. The van der Waals surface area contributed by atoms with Crippen LogP contribution in [0.15, 0.2) is 46.6 Å². The highest BCUT2D eigenvalue weighted by Gasteiger charge is 2.33. The minimum Gasteiger partial charge on any atom is -0.349 e. The van der Waals surface area contributed by atoms with E-state index in [2.05, 4.69) is 23.4 Å². The Labute approximate surface area is 216 Å². The van der Waals surface area contributed by atoms with Crippen LogP contribution in [0.5, 0.6) is 0 Å². The Morgan fingerprint density at radius 2 is 2.08 bits per heavy atom.